The second-order valence-corrected chi connectivity index (χ2v) is 5.04. The van der Waals surface area contributed by atoms with E-state index in [-0.39, 0.29) is 31.7 Å². The van der Waals surface area contributed by atoms with Crippen LogP contribution in [0.15, 0.2) is 24.3 Å². The van der Waals surface area contributed by atoms with Gasteiger partial charge in [-0.1, -0.05) is 6.92 Å². The van der Waals surface area contributed by atoms with Crippen molar-refractivity contribution in [1.82, 2.24) is 0 Å². The molecule has 1 N–H and O–H groups in total. The number of hydrogen-bond donors (Lipinski definition) is 1. The van der Waals surface area contributed by atoms with Gasteiger partial charge in [0.25, 0.3) is 0 Å². The lowest BCUT2D eigenvalue weighted by atomic mass is 9.91. The van der Waals surface area contributed by atoms with Crippen LogP contribution in [0.3, 0.4) is 0 Å². The molecule has 5 heteroatoms. The predicted octanol–water partition coefficient (Wildman–Crippen LogP) is 2.72. The summed E-state index contributed by atoms with van der Waals surface area (Å²) in [6, 6.07) is 6.35. The van der Waals surface area contributed by atoms with Crippen LogP contribution < -0.4 is 4.74 Å². The highest BCUT2D eigenvalue weighted by atomic mass is 16.7. The first kappa shape index (κ1) is 16.3. The zero-order chi connectivity index (χ0) is 15.0. The summed E-state index contributed by atoms with van der Waals surface area (Å²) in [6.45, 7) is 6.21. The summed E-state index contributed by atoms with van der Waals surface area (Å²) < 4.78 is 15.6. The smallest absolute Gasteiger partial charge is 0.311 e. The highest BCUT2D eigenvalue weighted by molar-refractivity contribution is 5.75. The van der Waals surface area contributed by atoms with E-state index in [1.807, 2.05) is 20.8 Å². The molecule has 0 radical (unpaired) electrons. The molecule has 20 heavy (non-hydrogen) atoms. The first-order valence-electron chi connectivity index (χ1n) is 6.62. The van der Waals surface area contributed by atoms with E-state index in [4.69, 9.17) is 19.3 Å². The molecule has 1 rings (SSSR count). The minimum absolute atomic E-state index is 0.0689. The van der Waals surface area contributed by atoms with Gasteiger partial charge in [0.1, 0.15) is 18.1 Å². The van der Waals surface area contributed by atoms with Gasteiger partial charge in [0, 0.05) is 0 Å². The van der Waals surface area contributed by atoms with Crippen LogP contribution in [0.5, 0.6) is 11.5 Å². The van der Waals surface area contributed by atoms with Crippen molar-refractivity contribution in [3.63, 3.8) is 0 Å². The summed E-state index contributed by atoms with van der Waals surface area (Å²) in [5, 5.41) is 9.10. The number of ether oxygens (including phenoxy) is 3. The summed E-state index contributed by atoms with van der Waals surface area (Å²) >= 11 is 0. The number of phenols is 1. The molecule has 0 aromatic heterocycles. The van der Waals surface area contributed by atoms with E-state index in [1.165, 1.54) is 12.1 Å². The van der Waals surface area contributed by atoms with Gasteiger partial charge in [-0.15, -0.1) is 0 Å². The van der Waals surface area contributed by atoms with Crippen molar-refractivity contribution in [3.8, 4) is 11.5 Å². The van der Waals surface area contributed by atoms with Crippen molar-refractivity contribution in [2.24, 2.45) is 5.41 Å². The molecule has 5 nitrogen and oxygen atoms in total. The molecule has 1 aromatic carbocycles. The first-order chi connectivity index (χ1) is 9.45. The molecule has 0 aliphatic carbocycles. The number of aromatic hydroxyl groups is 1. The van der Waals surface area contributed by atoms with Crippen molar-refractivity contribution in [2.45, 2.75) is 27.2 Å². The van der Waals surface area contributed by atoms with Gasteiger partial charge in [-0.05, 0) is 44.5 Å². The van der Waals surface area contributed by atoms with Crippen molar-refractivity contribution in [1.29, 1.82) is 0 Å². The Bertz CT molecular complexity index is 411. The third kappa shape index (κ3) is 5.48. The molecule has 0 fully saturated rings. The Hall–Kier alpha value is -1.75. The molecule has 1 aromatic rings. The molecule has 0 aliphatic heterocycles. The lowest BCUT2D eigenvalue weighted by Crippen LogP contribution is -2.27. The molecule has 0 bridgehead atoms. The summed E-state index contributed by atoms with van der Waals surface area (Å²) in [5.74, 6) is 0.568. The van der Waals surface area contributed by atoms with Crippen LogP contribution in [0.2, 0.25) is 0 Å². The molecule has 0 saturated carbocycles. The fourth-order valence-electron chi connectivity index (χ4n) is 1.24. The number of carbonyl (C=O) groups excluding carboxylic acids is 1. The maximum absolute atomic E-state index is 11.6. The van der Waals surface area contributed by atoms with Crippen molar-refractivity contribution < 1.29 is 24.1 Å². The molecule has 112 valence electrons. The molecular weight excluding hydrogens is 260 g/mol. The Balaban J connectivity index is 2.11. The minimum Gasteiger partial charge on any atom is -0.508 e. The SMILES string of the molecule is CCC(C)(C)C(=O)OCCOCOc1ccc(O)cc1. The highest BCUT2D eigenvalue weighted by Gasteiger charge is 2.26. The Morgan fingerprint density at radius 1 is 1.20 bits per heavy atom. The van der Waals surface area contributed by atoms with Crippen LogP contribution in [0.4, 0.5) is 0 Å². The minimum atomic E-state index is -0.456. The maximum atomic E-state index is 11.6. The van der Waals surface area contributed by atoms with Gasteiger partial charge < -0.3 is 19.3 Å². The third-order valence-electron chi connectivity index (χ3n) is 3.04. The average Bonchev–Trinajstić information content (AvgIpc) is 2.44. The van der Waals surface area contributed by atoms with Crippen molar-refractivity contribution >= 4 is 5.97 Å². The summed E-state index contributed by atoms with van der Waals surface area (Å²) in [7, 11) is 0. The molecule has 0 amide bonds. The number of esters is 1. The topological polar surface area (TPSA) is 65.0 Å². The number of rotatable bonds is 8. The Kier molecular flexibility index (Phi) is 6.31. The third-order valence-corrected chi connectivity index (χ3v) is 3.04. The average molecular weight is 282 g/mol. The van der Waals surface area contributed by atoms with Gasteiger partial charge in [-0.25, -0.2) is 0 Å². The lowest BCUT2D eigenvalue weighted by Gasteiger charge is -2.20. The van der Waals surface area contributed by atoms with Gasteiger partial charge in [0.15, 0.2) is 6.79 Å². The van der Waals surface area contributed by atoms with Crippen LogP contribution in [0, 0.1) is 5.41 Å². The predicted molar refractivity (Wildman–Crippen MR) is 74.6 cm³/mol. The normalized spacial score (nSPS) is 11.2. The van der Waals surface area contributed by atoms with E-state index < -0.39 is 5.41 Å². The Morgan fingerprint density at radius 3 is 2.45 bits per heavy atom. The van der Waals surface area contributed by atoms with Gasteiger partial charge >= 0.3 is 5.97 Å². The quantitative estimate of drug-likeness (QED) is 0.451. The second kappa shape index (κ2) is 7.75. The van der Waals surface area contributed by atoms with Crippen molar-refractivity contribution in [2.75, 3.05) is 20.0 Å². The molecule has 0 aliphatic rings. The fourth-order valence-corrected chi connectivity index (χ4v) is 1.24. The van der Waals surface area contributed by atoms with Gasteiger partial charge in [0.2, 0.25) is 0 Å². The Labute approximate surface area is 119 Å². The first-order valence-corrected chi connectivity index (χ1v) is 6.62. The van der Waals surface area contributed by atoms with Crippen molar-refractivity contribution in [3.05, 3.63) is 24.3 Å². The molecule has 0 spiro atoms. The molecule has 0 saturated heterocycles. The molecule has 0 atom stereocenters. The zero-order valence-corrected chi connectivity index (χ0v) is 12.2. The van der Waals surface area contributed by atoms with E-state index in [0.29, 0.717) is 5.75 Å². The van der Waals surface area contributed by atoms with Crippen LogP contribution in [0.25, 0.3) is 0 Å². The van der Waals surface area contributed by atoms with E-state index in [9.17, 15) is 4.79 Å². The van der Waals surface area contributed by atoms with E-state index >= 15 is 0 Å². The fraction of sp³-hybridized carbons (Fsp3) is 0.533. The van der Waals surface area contributed by atoms with Crippen LogP contribution in [-0.2, 0) is 14.3 Å². The monoisotopic (exact) mass is 282 g/mol. The summed E-state index contributed by atoms with van der Waals surface area (Å²) in [5.41, 5.74) is -0.456. The largest absolute Gasteiger partial charge is 0.508 e. The summed E-state index contributed by atoms with van der Waals surface area (Å²) in [6.07, 6.45) is 0.733. The molecule has 0 heterocycles. The Morgan fingerprint density at radius 2 is 1.85 bits per heavy atom. The number of hydrogen-bond acceptors (Lipinski definition) is 5. The maximum Gasteiger partial charge on any atom is 0.311 e. The summed E-state index contributed by atoms with van der Waals surface area (Å²) in [4.78, 5) is 11.6. The second-order valence-electron chi connectivity index (χ2n) is 5.04. The lowest BCUT2D eigenvalue weighted by molar-refractivity contribution is -0.156. The number of benzene rings is 1. The van der Waals surface area contributed by atoms with E-state index in [1.54, 1.807) is 12.1 Å². The number of phenolic OH excluding ortho intramolecular Hbond substituents is 1. The van der Waals surface area contributed by atoms with Crippen LogP contribution in [0.1, 0.15) is 27.2 Å². The molecule has 0 unspecified atom stereocenters. The van der Waals surface area contributed by atoms with E-state index in [2.05, 4.69) is 0 Å². The molecular formula is C15H22O5. The zero-order valence-electron chi connectivity index (χ0n) is 12.2. The standard InChI is InChI=1S/C15H22O5/c1-4-15(2,3)14(17)19-10-9-18-11-20-13-7-5-12(16)6-8-13/h5-8,16H,4,9-11H2,1-3H3. The van der Waals surface area contributed by atoms with E-state index in [0.717, 1.165) is 6.42 Å². The van der Waals surface area contributed by atoms with Gasteiger partial charge in [-0.3, -0.25) is 4.79 Å². The van der Waals surface area contributed by atoms with Crippen LogP contribution in [-0.4, -0.2) is 31.1 Å². The van der Waals surface area contributed by atoms with Gasteiger partial charge in [0.05, 0.1) is 12.0 Å². The number of carbonyl (C=O) groups is 1. The van der Waals surface area contributed by atoms with Gasteiger partial charge in [-0.2, -0.15) is 0 Å². The van der Waals surface area contributed by atoms with Crippen LogP contribution >= 0.6 is 0 Å². The highest BCUT2D eigenvalue weighted by Crippen LogP contribution is 2.21.